The van der Waals surface area contributed by atoms with Gasteiger partial charge in [-0.1, -0.05) is 0 Å². The third kappa shape index (κ3) is 3.03. The van der Waals surface area contributed by atoms with Gasteiger partial charge in [-0.15, -0.1) is 0 Å². The molecule has 0 radical (unpaired) electrons. The summed E-state index contributed by atoms with van der Waals surface area (Å²) in [6.07, 6.45) is 0. The van der Waals surface area contributed by atoms with Crippen LogP contribution >= 0.6 is 15.9 Å². The number of benzene rings is 2. The van der Waals surface area contributed by atoms with Crippen LogP contribution < -0.4 is 16.2 Å². The summed E-state index contributed by atoms with van der Waals surface area (Å²) in [5, 5.41) is 0. The van der Waals surface area contributed by atoms with Crippen LogP contribution in [0, 0.1) is 5.82 Å². The number of amides is 1. The molecule has 0 atom stereocenters. The fourth-order valence-corrected chi connectivity index (χ4v) is 1.74. The van der Waals surface area contributed by atoms with E-state index in [9.17, 15) is 9.18 Å². The molecule has 2 rings (SSSR count). The minimum Gasteiger partial charge on any atom is -0.457 e. The van der Waals surface area contributed by atoms with E-state index in [1.807, 2.05) is 0 Å². The van der Waals surface area contributed by atoms with E-state index in [1.54, 1.807) is 12.1 Å². The van der Waals surface area contributed by atoms with Gasteiger partial charge in [-0.3, -0.25) is 4.79 Å². The van der Waals surface area contributed by atoms with Crippen LogP contribution in [0.5, 0.6) is 11.5 Å². The van der Waals surface area contributed by atoms with Gasteiger partial charge in [0.25, 0.3) is 5.91 Å². The van der Waals surface area contributed by atoms with Crippen molar-refractivity contribution in [3.63, 3.8) is 0 Å². The van der Waals surface area contributed by atoms with Gasteiger partial charge in [0.1, 0.15) is 17.3 Å². The molecule has 2 aromatic carbocycles. The van der Waals surface area contributed by atoms with Crippen LogP contribution in [0.2, 0.25) is 0 Å². The Morgan fingerprint density at radius 1 is 1.16 bits per heavy atom. The van der Waals surface area contributed by atoms with Crippen molar-refractivity contribution in [1.29, 1.82) is 0 Å². The molecule has 0 saturated carbocycles. The average molecular weight is 325 g/mol. The van der Waals surface area contributed by atoms with Crippen LogP contribution in [0.4, 0.5) is 10.1 Å². The Labute approximate surface area is 117 Å². The molecule has 98 valence electrons. The van der Waals surface area contributed by atoms with E-state index in [4.69, 9.17) is 16.2 Å². The van der Waals surface area contributed by atoms with Gasteiger partial charge in [0.05, 0.1) is 10.0 Å². The summed E-state index contributed by atoms with van der Waals surface area (Å²) in [4.78, 5) is 11.1. The maximum Gasteiger partial charge on any atom is 0.250 e. The van der Waals surface area contributed by atoms with Crippen LogP contribution in [-0.4, -0.2) is 5.91 Å². The van der Waals surface area contributed by atoms with Crippen LogP contribution in [0.15, 0.2) is 40.9 Å². The summed E-state index contributed by atoms with van der Waals surface area (Å²) in [6.45, 7) is 0. The van der Waals surface area contributed by atoms with E-state index in [1.165, 1.54) is 24.3 Å². The Balaban J connectivity index is 2.30. The summed E-state index contributed by atoms with van der Waals surface area (Å²) >= 11 is 3.05. The highest BCUT2D eigenvalue weighted by Gasteiger charge is 2.09. The fourth-order valence-electron chi connectivity index (χ4n) is 1.49. The zero-order chi connectivity index (χ0) is 14.0. The maximum absolute atomic E-state index is 13.3. The summed E-state index contributed by atoms with van der Waals surface area (Å²) in [5.74, 6) is -0.432. The summed E-state index contributed by atoms with van der Waals surface area (Å²) in [5.41, 5.74) is 11.2. The molecule has 0 saturated heterocycles. The van der Waals surface area contributed by atoms with Gasteiger partial charge in [-0.25, -0.2) is 4.39 Å². The molecule has 0 aliphatic heterocycles. The quantitative estimate of drug-likeness (QED) is 0.851. The first-order chi connectivity index (χ1) is 8.97. The van der Waals surface area contributed by atoms with E-state index < -0.39 is 11.7 Å². The molecule has 0 aliphatic rings. The van der Waals surface area contributed by atoms with Crippen LogP contribution in [0.25, 0.3) is 0 Å². The molecule has 0 fully saturated rings. The number of carbonyl (C=O) groups excluding carboxylic acids is 1. The zero-order valence-electron chi connectivity index (χ0n) is 9.69. The molecule has 0 unspecified atom stereocenters. The van der Waals surface area contributed by atoms with Crippen molar-refractivity contribution in [2.24, 2.45) is 5.73 Å². The van der Waals surface area contributed by atoms with Crippen molar-refractivity contribution >= 4 is 27.5 Å². The van der Waals surface area contributed by atoms with Crippen LogP contribution in [0.3, 0.4) is 0 Å². The third-order valence-electron chi connectivity index (χ3n) is 2.42. The van der Waals surface area contributed by atoms with Crippen LogP contribution in [0.1, 0.15) is 10.4 Å². The van der Waals surface area contributed by atoms with Gasteiger partial charge in [-0.05, 0) is 46.3 Å². The molecule has 0 aromatic heterocycles. The zero-order valence-corrected chi connectivity index (χ0v) is 11.3. The SMILES string of the molecule is NC(=O)c1cc(Oc2ccc(Br)c(F)c2)ccc1N. The maximum atomic E-state index is 13.3. The molecular formula is C13H10BrFN2O2. The van der Waals surface area contributed by atoms with Crippen molar-refractivity contribution in [3.05, 3.63) is 52.3 Å². The monoisotopic (exact) mass is 324 g/mol. The lowest BCUT2D eigenvalue weighted by molar-refractivity contribution is 0.100. The second kappa shape index (κ2) is 5.27. The van der Waals surface area contributed by atoms with Gasteiger partial charge < -0.3 is 16.2 Å². The number of anilines is 1. The fraction of sp³-hybridized carbons (Fsp3) is 0. The van der Waals surface area contributed by atoms with Gasteiger partial charge >= 0.3 is 0 Å². The highest BCUT2D eigenvalue weighted by Crippen LogP contribution is 2.27. The lowest BCUT2D eigenvalue weighted by Gasteiger charge is -2.08. The average Bonchev–Trinajstić information content (AvgIpc) is 2.36. The van der Waals surface area contributed by atoms with Crippen molar-refractivity contribution < 1.29 is 13.9 Å². The minimum absolute atomic E-state index is 0.162. The molecule has 2 aromatic rings. The molecule has 4 nitrogen and oxygen atoms in total. The predicted molar refractivity (Wildman–Crippen MR) is 73.5 cm³/mol. The number of nitrogens with two attached hydrogens (primary N) is 2. The molecule has 0 heterocycles. The summed E-state index contributed by atoms with van der Waals surface area (Å²) < 4.78 is 19.1. The molecule has 19 heavy (non-hydrogen) atoms. The molecule has 0 spiro atoms. The Kier molecular flexibility index (Phi) is 3.71. The molecule has 1 amide bonds. The van der Waals surface area contributed by atoms with Crippen LogP contribution in [-0.2, 0) is 0 Å². The lowest BCUT2D eigenvalue weighted by Crippen LogP contribution is -2.13. The smallest absolute Gasteiger partial charge is 0.250 e. The highest BCUT2D eigenvalue weighted by atomic mass is 79.9. The summed E-state index contributed by atoms with van der Waals surface area (Å²) in [7, 11) is 0. The first-order valence-corrected chi connectivity index (χ1v) is 6.09. The Bertz CT molecular complexity index is 647. The van der Waals surface area contributed by atoms with Crippen molar-refractivity contribution in [3.8, 4) is 11.5 Å². The number of hydrogen-bond donors (Lipinski definition) is 2. The van der Waals surface area contributed by atoms with E-state index in [-0.39, 0.29) is 11.3 Å². The Morgan fingerprint density at radius 3 is 2.42 bits per heavy atom. The first kappa shape index (κ1) is 13.4. The minimum atomic E-state index is -0.648. The van der Waals surface area contributed by atoms with E-state index >= 15 is 0 Å². The normalized spacial score (nSPS) is 10.2. The second-order valence-electron chi connectivity index (χ2n) is 3.79. The van der Waals surface area contributed by atoms with E-state index in [2.05, 4.69) is 15.9 Å². The standard InChI is InChI=1S/C13H10BrFN2O2/c14-10-3-1-8(6-11(10)15)19-7-2-4-12(16)9(5-7)13(17)18/h1-6H,16H2,(H2,17,18). The number of primary amides is 1. The van der Waals surface area contributed by atoms with Gasteiger partial charge in [0.2, 0.25) is 0 Å². The van der Waals surface area contributed by atoms with Crippen molar-refractivity contribution in [1.82, 2.24) is 0 Å². The Hall–Kier alpha value is -2.08. The van der Waals surface area contributed by atoms with Crippen molar-refractivity contribution in [2.45, 2.75) is 0 Å². The topological polar surface area (TPSA) is 78.3 Å². The van der Waals surface area contributed by atoms with Gasteiger partial charge in [0, 0.05) is 11.8 Å². The predicted octanol–water partition coefficient (Wildman–Crippen LogP) is 3.06. The first-order valence-electron chi connectivity index (χ1n) is 5.29. The number of hydrogen-bond acceptors (Lipinski definition) is 3. The molecule has 6 heteroatoms. The number of halogens is 2. The lowest BCUT2D eigenvalue weighted by atomic mass is 10.1. The molecular weight excluding hydrogens is 315 g/mol. The number of nitrogen functional groups attached to an aromatic ring is 1. The number of carbonyl (C=O) groups is 1. The van der Waals surface area contributed by atoms with Gasteiger partial charge in [0.15, 0.2) is 0 Å². The largest absolute Gasteiger partial charge is 0.457 e. The second-order valence-corrected chi connectivity index (χ2v) is 4.65. The third-order valence-corrected chi connectivity index (χ3v) is 3.06. The van der Waals surface area contributed by atoms with E-state index in [0.717, 1.165) is 0 Å². The van der Waals surface area contributed by atoms with E-state index in [0.29, 0.717) is 16.0 Å². The Morgan fingerprint density at radius 2 is 1.79 bits per heavy atom. The van der Waals surface area contributed by atoms with Gasteiger partial charge in [-0.2, -0.15) is 0 Å². The molecule has 0 bridgehead atoms. The number of rotatable bonds is 3. The van der Waals surface area contributed by atoms with Crippen molar-refractivity contribution in [2.75, 3.05) is 5.73 Å². The highest BCUT2D eigenvalue weighted by molar-refractivity contribution is 9.10. The molecule has 0 aliphatic carbocycles. The molecule has 4 N–H and O–H groups in total. The summed E-state index contributed by atoms with van der Waals surface area (Å²) in [6, 6.07) is 8.83. The number of ether oxygens (including phenoxy) is 1.